The van der Waals surface area contributed by atoms with Gasteiger partial charge in [0.05, 0.1) is 11.7 Å². The molecule has 0 saturated heterocycles. The number of hydrogen-bond donors (Lipinski definition) is 1. The quantitative estimate of drug-likeness (QED) is 0.680. The Labute approximate surface area is 184 Å². The van der Waals surface area contributed by atoms with Crippen LogP contribution in [0.3, 0.4) is 0 Å². The van der Waals surface area contributed by atoms with Gasteiger partial charge in [-0.05, 0) is 48.9 Å². The largest absolute Gasteiger partial charge is 0.486 e. The topological polar surface area (TPSA) is 90.0 Å². The average molecular weight is 431 g/mol. The van der Waals surface area contributed by atoms with E-state index in [-0.39, 0.29) is 30.3 Å². The molecule has 0 bridgehead atoms. The smallest absolute Gasteiger partial charge is 0.264 e. The molecular weight excluding hydrogens is 410 g/mol. The molecule has 8 nitrogen and oxygen atoms in total. The van der Waals surface area contributed by atoms with E-state index in [1.54, 1.807) is 42.6 Å². The number of anilines is 1. The van der Waals surface area contributed by atoms with Crippen molar-refractivity contribution in [1.82, 2.24) is 10.3 Å². The van der Waals surface area contributed by atoms with Crippen LogP contribution in [0.4, 0.5) is 5.69 Å². The van der Waals surface area contributed by atoms with E-state index in [1.807, 2.05) is 25.1 Å². The van der Waals surface area contributed by atoms with Gasteiger partial charge in [-0.3, -0.25) is 14.5 Å². The molecule has 0 saturated carbocycles. The second-order valence-electron chi connectivity index (χ2n) is 7.51. The van der Waals surface area contributed by atoms with E-state index < -0.39 is 0 Å². The first kappa shape index (κ1) is 19.9. The molecule has 2 aromatic carbocycles. The Morgan fingerprint density at radius 1 is 1.06 bits per heavy atom. The van der Waals surface area contributed by atoms with Crippen molar-refractivity contribution in [3.8, 4) is 23.1 Å². The lowest BCUT2D eigenvalue weighted by atomic mass is 10.1. The minimum absolute atomic E-state index is 0.164. The molecule has 1 aromatic heterocycles. The summed E-state index contributed by atoms with van der Waals surface area (Å²) in [5, 5.41) is 2.96. The molecule has 0 fully saturated rings. The predicted octanol–water partition coefficient (Wildman–Crippen LogP) is 3.48. The normalized spacial score (nSPS) is 15.0. The van der Waals surface area contributed by atoms with Crippen LogP contribution in [0, 0.1) is 0 Å². The molecule has 162 valence electrons. The fourth-order valence-corrected chi connectivity index (χ4v) is 3.76. The van der Waals surface area contributed by atoms with E-state index >= 15 is 0 Å². The van der Waals surface area contributed by atoms with Crippen LogP contribution in [0.25, 0.3) is 0 Å². The molecule has 1 atom stereocenters. The molecule has 2 amide bonds. The minimum Gasteiger partial charge on any atom is -0.486 e. The maximum absolute atomic E-state index is 13.2. The number of amides is 2. The lowest BCUT2D eigenvalue weighted by Crippen LogP contribution is -2.41. The Hall–Kier alpha value is -4.07. The second kappa shape index (κ2) is 8.22. The SMILES string of the molecule is C[C@@H](NC(=O)CN1C(=O)c2cccnc2Oc2ccccc21)c1ccc2c(c1)OCCO2. The average Bonchev–Trinajstić information content (AvgIpc) is 2.93. The van der Waals surface area contributed by atoms with Gasteiger partial charge in [0.15, 0.2) is 17.2 Å². The summed E-state index contributed by atoms with van der Waals surface area (Å²) in [6, 6.07) is 15.7. The van der Waals surface area contributed by atoms with Crippen molar-refractivity contribution in [2.75, 3.05) is 24.7 Å². The molecule has 1 N–H and O–H groups in total. The standard InChI is InChI=1S/C24H21N3O5/c1-15(16-8-9-20-21(13-16)31-12-11-30-20)26-22(28)14-27-18-6-2-3-7-19(18)32-23-17(24(27)29)5-4-10-25-23/h2-10,13,15H,11-12,14H2,1H3,(H,26,28)/t15-/m1/s1. The van der Waals surface area contributed by atoms with Crippen LogP contribution < -0.4 is 24.4 Å². The number of benzene rings is 2. The van der Waals surface area contributed by atoms with Crippen molar-refractivity contribution in [1.29, 1.82) is 0 Å². The van der Waals surface area contributed by atoms with E-state index in [0.717, 1.165) is 5.56 Å². The van der Waals surface area contributed by atoms with Crippen molar-refractivity contribution in [2.45, 2.75) is 13.0 Å². The molecule has 32 heavy (non-hydrogen) atoms. The van der Waals surface area contributed by atoms with Crippen LogP contribution in [0.1, 0.15) is 28.9 Å². The third-order valence-electron chi connectivity index (χ3n) is 5.35. The number of aromatic nitrogens is 1. The molecule has 3 heterocycles. The van der Waals surface area contributed by atoms with E-state index in [4.69, 9.17) is 14.2 Å². The third kappa shape index (κ3) is 3.71. The summed E-state index contributed by atoms with van der Waals surface area (Å²) in [7, 11) is 0. The predicted molar refractivity (Wildman–Crippen MR) is 116 cm³/mol. The number of nitrogens with zero attached hydrogens (tertiary/aromatic N) is 2. The van der Waals surface area contributed by atoms with Gasteiger partial charge in [-0.25, -0.2) is 4.98 Å². The molecule has 8 heteroatoms. The zero-order valence-corrected chi connectivity index (χ0v) is 17.4. The number of hydrogen-bond acceptors (Lipinski definition) is 6. The van der Waals surface area contributed by atoms with Gasteiger partial charge in [0.1, 0.15) is 25.3 Å². The highest BCUT2D eigenvalue weighted by Crippen LogP contribution is 2.37. The van der Waals surface area contributed by atoms with Gasteiger partial charge >= 0.3 is 0 Å². The number of ether oxygens (including phenoxy) is 3. The molecule has 2 aliphatic rings. The van der Waals surface area contributed by atoms with Gasteiger partial charge in [-0.2, -0.15) is 0 Å². The van der Waals surface area contributed by atoms with E-state index in [2.05, 4.69) is 10.3 Å². The summed E-state index contributed by atoms with van der Waals surface area (Å²) in [5.74, 6) is 1.39. The number of nitrogens with one attached hydrogen (secondary N) is 1. The Kier molecular flexibility index (Phi) is 5.10. The Morgan fingerprint density at radius 3 is 2.75 bits per heavy atom. The summed E-state index contributed by atoms with van der Waals surface area (Å²) in [6.07, 6.45) is 1.56. The molecule has 0 aliphatic carbocycles. The van der Waals surface area contributed by atoms with Crippen molar-refractivity contribution >= 4 is 17.5 Å². The van der Waals surface area contributed by atoms with Crippen molar-refractivity contribution in [2.24, 2.45) is 0 Å². The first-order chi connectivity index (χ1) is 15.6. The number of pyridine rings is 1. The summed E-state index contributed by atoms with van der Waals surface area (Å²) < 4.78 is 17.0. The van der Waals surface area contributed by atoms with Crippen LogP contribution in [0.2, 0.25) is 0 Å². The van der Waals surface area contributed by atoms with Crippen LogP contribution in [-0.2, 0) is 4.79 Å². The van der Waals surface area contributed by atoms with Crippen LogP contribution in [0.5, 0.6) is 23.1 Å². The Bertz CT molecular complexity index is 1200. The Balaban J connectivity index is 1.37. The van der Waals surface area contributed by atoms with Crippen molar-refractivity contribution in [3.05, 3.63) is 71.9 Å². The van der Waals surface area contributed by atoms with Gasteiger partial charge < -0.3 is 19.5 Å². The van der Waals surface area contributed by atoms with E-state index in [1.165, 1.54) is 4.90 Å². The number of para-hydroxylation sites is 2. The number of carbonyl (C=O) groups excluding carboxylic acids is 2. The van der Waals surface area contributed by atoms with Gasteiger partial charge in [-0.1, -0.05) is 18.2 Å². The highest BCUT2D eigenvalue weighted by atomic mass is 16.6. The van der Waals surface area contributed by atoms with E-state index in [9.17, 15) is 9.59 Å². The molecule has 0 radical (unpaired) electrons. The highest BCUT2D eigenvalue weighted by Gasteiger charge is 2.30. The summed E-state index contributed by atoms with van der Waals surface area (Å²) in [4.78, 5) is 31.8. The lowest BCUT2D eigenvalue weighted by Gasteiger charge is -2.24. The number of carbonyl (C=O) groups is 2. The third-order valence-corrected chi connectivity index (χ3v) is 5.35. The monoisotopic (exact) mass is 431 g/mol. The fraction of sp³-hybridized carbons (Fsp3) is 0.208. The van der Waals surface area contributed by atoms with Gasteiger partial charge in [0.25, 0.3) is 5.91 Å². The molecule has 5 rings (SSSR count). The lowest BCUT2D eigenvalue weighted by molar-refractivity contribution is -0.120. The molecule has 0 spiro atoms. The van der Waals surface area contributed by atoms with Crippen molar-refractivity contribution < 1.29 is 23.8 Å². The number of fused-ring (bicyclic) bond motifs is 3. The molecule has 0 unspecified atom stereocenters. The zero-order chi connectivity index (χ0) is 22.1. The maximum atomic E-state index is 13.2. The summed E-state index contributed by atoms with van der Waals surface area (Å²) >= 11 is 0. The van der Waals surface area contributed by atoms with E-state index in [0.29, 0.717) is 41.7 Å². The fourth-order valence-electron chi connectivity index (χ4n) is 3.76. The second-order valence-corrected chi connectivity index (χ2v) is 7.51. The molecule has 3 aromatic rings. The Morgan fingerprint density at radius 2 is 1.88 bits per heavy atom. The highest BCUT2D eigenvalue weighted by molar-refractivity contribution is 6.11. The first-order valence-electron chi connectivity index (χ1n) is 10.3. The van der Waals surface area contributed by atoms with Crippen molar-refractivity contribution in [3.63, 3.8) is 0 Å². The van der Waals surface area contributed by atoms with Crippen LogP contribution >= 0.6 is 0 Å². The van der Waals surface area contributed by atoms with Crippen LogP contribution in [-0.4, -0.2) is 36.6 Å². The zero-order valence-electron chi connectivity index (χ0n) is 17.4. The molecule has 2 aliphatic heterocycles. The van der Waals surface area contributed by atoms with Crippen LogP contribution in [0.15, 0.2) is 60.8 Å². The van der Waals surface area contributed by atoms with Gasteiger partial charge in [-0.15, -0.1) is 0 Å². The summed E-state index contributed by atoms with van der Waals surface area (Å²) in [6.45, 7) is 2.73. The summed E-state index contributed by atoms with van der Waals surface area (Å²) in [5.41, 5.74) is 1.69. The minimum atomic E-state index is -0.347. The van der Waals surface area contributed by atoms with Gasteiger partial charge in [0, 0.05) is 6.20 Å². The molecular formula is C24H21N3O5. The van der Waals surface area contributed by atoms with Gasteiger partial charge in [0.2, 0.25) is 11.8 Å². The first-order valence-corrected chi connectivity index (χ1v) is 10.3. The maximum Gasteiger partial charge on any atom is 0.264 e. The number of rotatable bonds is 4.